The molecule has 5 rings (SSSR count). The van der Waals surface area contributed by atoms with E-state index in [0.29, 0.717) is 6.54 Å². The second-order valence-corrected chi connectivity index (χ2v) is 11.4. The molecule has 2 saturated heterocycles. The van der Waals surface area contributed by atoms with Crippen molar-refractivity contribution >= 4 is 6.09 Å². The minimum absolute atomic E-state index is 0.00126. The van der Waals surface area contributed by atoms with E-state index in [1.165, 1.54) is 6.08 Å². The first-order valence-electron chi connectivity index (χ1n) is 15.1. The van der Waals surface area contributed by atoms with E-state index in [2.05, 4.69) is 35.9 Å². The lowest BCUT2D eigenvalue weighted by molar-refractivity contribution is -0.276. The van der Waals surface area contributed by atoms with Gasteiger partial charge < -0.3 is 29.7 Å². The Hall–Kier alpha value is -3.53. The molecule has 2 fully saturated rings. The predicted molar refractivity (Wildman–Crippen MR) is 165 cm³/mol. The van der Waals surface area contributed by atoms with Crippen LogP contribution in [-0.4, -0.2) is 59.7 Å². The number of amides is 1. The number of benzene rings is 3. The number of carbonyl (C=O) groups excluding carboxylic acids is 1. The Bertz CT molecular complexity index is 1350. The van der Waals surface area contributed by atoms with E-state index in [9.17, 15) is 15.0 Å². The summed E-state index contributed by atoms with van der Waals surface area (Å²) in [6.45, 7) is 8.10. The molecule has 228 valence electrons. The molecule has 3 N–H and O–H groups in total. The molecule has 0 saturated carbocycles. The van der Waals surface area contributed by atoms with Crippen LogP contribution >= 0.6 is 0 Å². The van der Waals surface area contributed by atoms with Gasteiger partial charge in [-0.1, -0.05) is 86.3 Å². The van der Waals surface area contributed by atoms with E-state index in [-0.39, 0.29) is 44.0 Å². The Kier molecular flexibility index (Phi) is 10.6. The van der Waals surface area contributed by atoms with Crippen LogP contribution in [0, 0.1) is 5.92 Å². The van der Waals surface area contributed by atoms with Gasteiger partial charge in [0.25, 0.3) is 0 Å². The third kappa shape index (κ3) is 7.71. The van der Waals surface area contributed by atoms with Gasteiger partial charge in [0, 0.05) is 30.6 Å². The van der Waals surface area contributed by atoms with Crippen LogP contribution in [0.3, 0.4) is 0 Å². The smallest absolute Gasteiger partial charge is 0.407 e. The number of carbonyl (C=O) groups is 1. The molecule has 3 aromatic carbocycles. The second-order valence-electron chi connectivity index (χ2n) is 11.4. The summed E-state index contributed by atoms with van der Waals surface area (Å²) >= 11 is 0. The average Bonchev–Trinajstić information content (AvgIpc) is 3.51. The summed E-state index contributed by atoms with van der Waals surface area (Å²) in [6, 6.07) is 24.4. The summed E-state index contributed by atoms with van der Waals surface area (Å²) < 4.78 is 18.3. The van der Waals surface area contributed by atoms with Crippen LogP contribution in [0.25, 0.3) is 11.1 Å². The fourth-order valence-electron chi connectivity index (χ4n) is 5.95. The molecule has 0 radical (unpaired) electrons. The van der Waals surface area contributed by atoms with Gasteiger partial charge in [0.1, 0.15) is 6.61 Å². The minimum atomic E-state index is -0.551. The van der Waals surface area contributed by atoms with Crippen molar-refractivity contribution in [2.45, 2.75) is 57.5 Å². The third-order valence-corrected chi connectivity index (χ3v) is 8.46. The quantitative estimate of drug-likeness (QED) is 0.255. The topological polar surface area (TPSA) is 100 Å². The maximum absolute atomic E-state index is 11.8. The number of alkyl carbamates (subject to hydrolysis) is 1. The molecule has 0 aliphatic carbocycles. The highest BCUT2D eigenvalue weighted by Crippen LogP contribution is 2.42. The molecule has 5 atom stereocenters. The monoisotopic (exact) mass is 586 g/mol. The number of aliphatic hydroxyl groups excluding tert-OH is 2. The zero-order valence-corrected chi connectivity index (χ0v) is 24.7. The first kappa shape index (κ1) is 30.9. The highest BCUT2D eigenvalue weighted by atomic mass is 16.7. The highest BCUT2D eigenvalue weighted by Gasteiger charge is 2.40. The Balaban J connectivity index is 1.33. The zero-order chi connectivity index (χ0) is 30.2. The van der Waals surface area contributed by atoms with E-state index in [1.807, 2.05) is 60.7 Å². The number of ether oxygens (including phenoxy) is 3. The lowest BCUT2D eigenvalue weighted by Crippen LogP contribution is -2.46. The van der Waals surface area contributed by atoms with Crippen molar-refractivity contribution in [2.24, 2.45) is 5.92 Å². The predicted octanol–water partition coefficient (Wildman–Crippen LogP) is 5.51. The van der Waals surface area contributed by atoms with Crippen LogP contribution in [0.2, 0.25) is 0 Å². The molecule has 8 heteroatoms. The third-order valence-electron chi connectivity index (χ3n) is 8.46. The van der Waals surface area contributed by atoms with Crippen molar-refractivity contribution in [2.75, 3.05) is 26.3 Å². The molecule has 1 amide bonds. The van der Waals surface area contributed by atoms with Gasteiger partial charge in [-0.15, -0.1) is 0 Å². The molecule has 2 heterocycles. The summed E-state index contributed by atoms with van der Waals surface area (Å²) in [7, 11) is 0. The molecule has 0 bridgehead atoms. The van der Waals surface area contributed by atoms with Crippen molar-refractivity contribution in [3.8, 4) is 11.1 Å². The number of aliphatic hydroxyl groups is 2. The zero-order valence-electron chi connectivity index (χ0n) is 24.7. The van der Waals surface area contributed by atoms with E-state index >= 15 is 0 Å². The molecule has 5 unspecified atom stereocenters. The van der Waals surface area contributed by atoms with Crippen LogP contribution in [0.4, 0.5) is 4.79 Å². The van der Waals surface area contributed by atoms with E-state index in [1.54, 1.807) is 0 Å². The van der Waals surface area contributed by atoms with Crippen LogP contribution in [-0.2, 0) is 27.4 Å². The van der Waals surface area contributed by atoms with Crippen LogP contribution in [0.15, 0.2) is 85.5 Å². The molecule has 8 nitrogen and oxygen atoms in total. The Labute approximate surface area is 253 Å². The lowest BCUT2D eigenvalue weighted by atomic mass is 9.89. The average molecular weight is 587 g/mol. The molecular formula is C35H42N2O6. The van der Waals surface area contributed by atoms with Gasteiger partial charge in [-0.3, -0.25) is 4.90 Å². The summed E-state index contributed by atoms with van der Waals surface area (Å²) in [5, 5.41) is 22.2. The Morgan fingerprint density at radius 3 is 2.51 bits per heavy atom. The van der Waals surface area contributed by atoms with Gasteiger partial charge in [-0.2, -0.15) is 0 Å². The normalized spacial score (nSPS) is 24.0. The van der Waals surface area contributed by atoms with Crippen molar-refractivity contribution in [1.29, 1.82) is 0 Å². The van der Waals surface area contributed by atoms with Crippen molar-refractivity contribution in [3.63, 3.8) is 0 Å². The fourth-order valence-corrected chi connectivity index (χ4v) is 5.95. The van der Waals surface area contributed by atoms with Crippen molar-refractivity contribution < 1.29 is 29.2 Å². The van der Waals surface area contributed by atoms with Gasteiger partial charge in [-0.25, -0.2) is 4.79 Å². The number of nitrogens with zero attached hydrogens (tertiary/aromatic N) is 1. The summed E-state index contributed by atoms with van der Waals surface area (Å²) in [5.41, 5.74) is 5.89. The number of hydrogen-bond acceptors (Lipinski definition) is 7. The van der Waals surface area contributed by atoms with Crippen molar-refractivity contribution in [3.05, 3.63) is 108 Å². The fraction of sp³-hybridized carbons (Fsp3) is 0.400. The van der Waals surface area contributed by atoms with Crippen LogP contribution < -0.4 is 5.32 Å². The molecule has 3 aromatic rings. The standard InChI is InChI=1S/C35H42N2O6/c1-3-18-41-35(40)36-20-26-6-4-7-30(19-26)27-13-15-29(16-14-27)34-42-32(21-37-17-5-8-31(37)23-39)24(2)33(43-34)28-11-9-25(22-38)10-12-28/h3-4,6-7,9-16,19,24,31-34,38-39H,1,5,8,17-18,20-23H2,2H3,(H,36,40). The van der Waals surface area contributed by atoms with E-state index in [4.69, 9.17) is 14.2 Å². The number of rotatable bonds is 11. The maximum Gasteiger partial charge on any atom is 0.407 e. The largest absolute Gasteiger partial charge is 0.445 e. The molecule has 2 aliphatic rings. The summed E-state index contributed by atoms with van der Waals surface area (Å²) in [5.74, 6) is 0.0841. The molecule has 43 heavy (non-hydrogen) atoms. The van der Waals surface area contributed by atoms with Gasteiger partial charge >= 0.3 is 6.09 Å². The molecular weight excluding hydrogens is 544 g/mol. The summed E-state index contributed by atoms with van der Waals surface area (Å²) in [4.78, 5) is 14.1. The number of likely N-dealkylation sites (tertiary alicyclic amines) is 1. The van der Waals surface area contributed by atoms with Gasteiger partial charge in [0.2, 0.25) is 0 Å². The molecule has 2 aliphatic heterocycles. The maximum atomic E-state index is 11.8. The second kappa shape index (κ2) is 14.8. The van der Waals surface area contributed by atoms with Gasteiger partial charge in [0.15, 0.2) is 6.29 Å². The van der Waals surface area contributed by atoms with E-state index in [0.717, 1.165) is 59.3 Å². The molecule has 0 aromatic heterocycles. The minimum Gasteiger partial charge on any atom is -0.445 e. The van der Waals surface area contributed by atoms with E-state index < -0.39 is 12.4 Å². The SMILES string of the molecule is C=CCOC(=O)NCc1cccc(-c2ccc(C3OC(CN4CCCC4CO)C(C)C(c4ccc(CO)cc4)O3)cc2)c1. The first-order valence-corrected chi connectivity index (χ1v) is 15.1. The Morgan fingerprint density at radius 2 is 1.79 bits per heavy atom. The van der Waals surface area contributed by atoms with Gasteiger partial charge in [-0.05, 0) is 53.3 Å². The number of hydrogen-bond donors (Lipinski definition) is 3. The van der Waals surface area contributed by atoms with Crippen LogP contribution in [0.5, 0.6) is 0 Å². The highest BCUT2D eigenvalue weighted by molar-refractivity contribution is 5.68. The number of nitrogens with one attached hydrogen (secondary N) is 1. The van der Waals surface area contributed by atoms with Crippen LogP contribution in [0.1, 0.15) is 54.4 Å². The first-order chi connectivity index (χ1) is 21.0. The summed E-state index contributed by atoms with van der Waals surface area (Å²) in [6.07, 6.45) is 2.31. The molecule has 0 spiro atoms. The van der Waals surface area contributed by atoms with Gasteiger partial charge in [0.05, 0.1) is 25.4 Å². The Morgan fingerprint density at radius 1 is 1.02 bits per heavy atom. The van der Waals surface area contributed by atoms with Crippen molar-refractivity contribution in [1.82, 2.24) is 10.2 Å². The lowest BCUT2D eigenvalue weighted by Gasteiger charge is -2.43.